The molecule has 1 unspecified atom stereocenters. The molecule has 1 aromatic heterocycles. The number of nitrogens with one attached hydrogen (secondary N) is 2. The average Bonchev–Trinajstić information content (AvgIpc) is 3.15. The summed E-state index contributed by atoms with van der Waals surface area (Å²) in [5.74, 6) is 0.935. The van der Waals surface area contributed by atoms with E-state index in [1.165, 1.54) is 6.07 Å². The molecule has 0 amide bonds. The SMILES string of the molecule is CCNC(=NCc1cccc(N(C)C)c1)NC1CCN(c2ncccc2F)C1.I. The second kappa shape index (κ2) is 11.2. The lowest BCUT2D eigenvalue weighted by Gasteiger charge is -2.20. The number of aromatic nitrogens is 1. The molecule has 0 saturated carbocycles. The Morgan fingerprint density at radius 1 is 1.31 bits per heavy atom. The third-order valence-electron chi connectivity index (χ3n) is 4.76. The predicted octanol–water partition coefficient (Wildman–Crippen LogP) is 3.24. The van der Waals surface area contributed by atoms with Gasteiger partial charge in [0, 0.05) is 51.7 Å². The number of anilines is 2. The van der Waals surface area contributed by atoms with Crippen molar-refractivity contribution in [2.45, 2.75) is 25.9 Å². The molecule has 2 heterocycles. The second-order valence-electron chi connectivity index (χ2n) is 7.14. The molecular weight excluding hydrogens is 482 g/mol. The van der Waals surface area contributed by atoms with Crippen LogP contribution >= 0.6 is 24.0 Å². The van der Waals surface area contributed by atoms with Gasteiger partial charge >= 0.3 is 0 Å². The van der Waals surface area contributed by atoms with Crippen molar-refractivity contribution in [3.05, 3.63) is 54.0 Å². The molecule has 1 saturated heterocycles. The Kier molecular flexibility index (Phi) is 8.94. The minimum atomic E-state index is -0.274. The zero-order valence-corrected chi connectivity index (χ0v) is 19.6. The van der Waals surface area contributed by atoms with Crippen LogP contribution < -0.4 is 20.4 Å². The lowest BCUT2D eigenvalue weighted by Crippen LogP contribution is -2.44. The molecule has 0 bridgehead atoms. The summed E-state index contributed by atoms with van der Waals surface area (Å²) < 4.78 is 14.0. The monoisotopic (exact) mass is 512 g/mol. The normalized spacial score (nSPS) is 16.3. The lowest BCUT2D eigenvalue weighted by atomic mass is 10.2. The summed E-state index contributed by atoms with van der Waals surface area (Å²) in [5, 5.41) is 6.78. The van der Waals surface area contributed by atoms with Gasteiger partial charge in [-0.25, -0.2) is 14.4 Å². The van der Waals surface area contributed by atoms with Gasteiger partial charge in [0.15, 0.2) is 17.6 Å². The number of pyridine rings is 1. The van der Waals surface area contributed by atoms with Gasteiger partial charge in [0.05, 0.1) is 6.54 Å². The highest BCUT2D eigenvalue weighted by Gasteiger charge is 2.25. The van der Waals surface area contributed by atoms with E-state index in [9.17, 15) is 4.39 Å². The van der Waals surface area contributed by atoms with Crippen LogP contribution in [-0.2, 0) is 6.54 Å². The van der Waals surface area contributed by atoms with Crippen LogP contribution in [0.1, 0.15) is 18.9 Å². The predicted molar refractivity (Wildman–Crippen MR) is 129 cm³/mol. The van der Waals surface area contributed by atoms with E-state index in [2.05, 4.69) is 44.8 Å². The number of hydrogen-bond acceptors (Lipinski definition) is 4. The summed E-state index contributed by atoms with van der Waals surface area (Å²) in [6.45, 7) is 4.91. The van der Waals surface area contributed by atoms with E-state index in [-0.39, 0.29) is 35.8 Å². The van der Waals surface area contributed by atoms with Gasteiger partial charge in [0.1, 0.15) is 0 Å². The molecule has 2 N–H and O–H groups in total. The van der Waals surface area contributed by atoms with Crippen molar-refractivity contribution in [2.24, 2.45) is 4.99 Å². The summed E-state index contributed by atoms with van der Waals surface area (Å²) in [7, 11) is 4.06. The first-order valence-corrected chi connectivity index (χ1v) is 9.73. The van der Waals surface area contributed by atoms with Crippen LogP contribution in [0.4, 0.5) is 15.9 Å². The van der Waals surface area contributed by atoms with E-state index in [0.29, 0.717) is 18.9 Å². The Balaban J connectivity index is 0.00000300. The van der Waals surface area contributed by atoms with Crippen molar-refractivity contribution in [3.63, 3.8) is 0 Å². The quantitative estimate of drug-likeness (QED) is 0.354. The number of guanidine groups is 1. The highest BCUT2D eigenvalue weighted by Crippen LogP contribution is 2.20. The molecule has 3 rings (SSSR count). The largest absolute Gasteiger partial charge is 0.378 e. The molecule has 1 fully saturated rings. The molecule has 0 aliphatic carbocycles. The maximum Gasteiger partial charge on any atom is 0.191 e. The van der Waals surface area contributed by atoms with Gasteiger partial charge in [-0.2, -0.15) is 0 Å². The van der Waals surface area contributed by atoms with Crippen molar-refractivity contribution in [3.8, 4) is 0 Å². The highest BCUT2D eigenvalue weighted by molar-refractivity contribution is 14.0. The van der Waals surface area contributed by atoms with Crippen LogP contribution in [0.25, 0.3) is 0 Å². The van der Waals surface area contributed by atoms with E-state index in [0.717, 1.165) is 36.7 Å². The van der Waals surface area contributed by atoms with Crippen LogP contribution in [-0.4, -0.2) is 50.7 Å². The van der Waals surface area contributed by atoms with Gasteiger partial charge in [-0.05, 0) is 43.2 Å². The standard InChI is InChI=1S/C21H29FN6.HI/c1-4-23-21(25-14-16-7-5-8-18(13-16)27(2)3)26-17-10-12-28(15-17)20-19(22)9-6-11-24-20;/h5-9,11,13,17H,4,10,12,14-15H2,1-3H3,(H2,23,25,26);1H. The van der Waals surface area contributed by atoms with Crippen molar-refractivity contribution < 1.29 is 4.39 Å². The van der Waals surface area contributed by atoms with Gasteiger partial charge < -0.3 is 20.4 Å². The molecule has 0 spiro atoms. The first kappa shape index (κ1) is 23.2. The summed E-state index contributed by atoms with van der Waals surface area (Å²) in [5.41, 5.74) is 2.32. The maximum absolute atomic E-state index is 14.0. The van der Waals surface area contributed by atoms with Crippen LogP contribution in [0.15, 0.2) is 47.6 Å². The lowest BCUT2D eigenvalue weighted by molar-refractivity contribution is 0.612. The molecule has 0 radical (unpaired) electrons. The smallest absolute Gasteiger partial charge is 0.191 e. The number of nitrogens with zero attached hydrogens (tertiary/aromatic N) is 4. The Morgan fingerprint density at radius 3 is 2.86 bits per heavy atom. The van der Waals surface area contributed by atoms with Gasteiger partial charge in [-0.1, -0.05) is 12.1 Å². The molecule has 1 aliphatic heterocycles. The molecule has 6 nitrogen and oxygen atoms in total. The zero-order valence-electron chi connectivity index (χ0n) is 17.2. The van der Waals surface area contributed by atoms with Crippen molar-refractivity contribution in [1.82, 2.24) is 15.6 Å². The molecule has 29 heavy (non-hydrogen) atoms. The van der Waals surface area contributed by atoms with Gasteiger partial charge in [0.25, 0.3) is 0 Å². The first-order chi connectivity index (χ1) is 13.6. The van der Waals surface area contributed by atoms with Crippen LogP contribution in [0.5, 0.6) is 0 Å². The third kappa shape index (κ3) is 6.45. The topological polar surface area (TPSA) is 55.8 Å². The number of hydrogen-bond donors (Lipinski definition) is 2. The van der Waals surface area contributed by atoms with E-state index in [1.54, 1.807) is 12.3 Å². The molecular formula is C21H30FIN6. The van der Waals surface area contributed by atoms with Crippen LogP contribution in [0.3, 0.4) is 0 Å². The number of benzene rings is 1. The molecule has 2 aromatic rings. The molecule has 8 heteroatoms. The van der Waals surface area contributed by atoms with Gasteiger partial charge in [-0.15, -0.1) is 24.0 Å². The fourth-order valence-corrected chi connectivity index (χ4v) is 3.30. The summed E-state index contributed by atoms with van der Waals surface area (Å²) >= 11 is 0. The Hall–Kier alpha value is -2.10. The Labute approximate surface area is 189 Å². The molecule has 1 aliphatic rings. The average molecular weight is 512 g/mol. The fourth-order valence-electron chi connectivity index (χ4n) is 3.30. The zero-order chi connectivity index (χ0) is 19.9. The third-order valence-corrected chi connectivity index (χ3v) is 4.76. The number of aliphatic imine (C=N–C) groups is 1. The van der Waals surface area contributed by atoms with Crippen LogP contribution in [0, 0.1) is 5.82 Å². The van der Waals surface area contributed by atoms with Gasteiger partial charge in [-0.3, -0.25) is 0 Å². The number of rotatable bonds is 6. The van der Waals surface area contributed by atoms with Crippen LogP contribution in [0.2, 0.25) is 0 Å². The first-order valence-electron chi connectivity index (χ1n) is 9.73. The Bertz CT molecular complexity index is 813. The van der Waals surface area contributed by atoms with Crippen molar-refractivity contribution >= 4 is 41.4 Å². The second-order valence-corrected chi connectivity index (χ2v) is 7.14. The van der Waals surface area contributed by atoms with E-state index in [4.69, 9.17) is 4.99 Å². The summed E-state index contributed by atoms with van der Waals surface area (Å²) in [4.78, 5) is 13.0. The summed E-state index contributed by atoms with van der Waals surface area (Å²) in [6.07, 6.45) is 2.54. The molecule has 158 valence electrons. The van der Waals surface area contributed by atoms with E-state index >= 15 is 0 Å². The van der Waals surface area contributed by atoms with E-state index < -0.39 is 0 Å². The highest BCUT2D eigenvalue weighted by atomic mass is 127. The Morgan fingerprint density at radius 2 is 2.14 bits per heavy atom. The minimum Gasteiger partial charge on any atom is -0.378 e. The molecule has 1 atom stereocenters. The fraction of sp³-hybridized carbons (Fsp3) is 0.429. The van der Waals surface area contributed by atoms with Gasteiger partial charge in [0.2, 0.25) is 0 Å². The summed E-state index contributed by atoms with van der Waals surface area (Å²) in [6, 6.07) is 11.6. The minimum absolute atomic E-state index is 0. The maximum atomic E-state index is 14.0. The number of halogens is 2. The van der Waals surface area contributed by atoms with E-state index in [1.807, 2.05) is 25.9 Å². The van der Waals surface area contributed by atoms with Crippen molar-refractivity contribution in [2.75, 3.05) is 43.5 Å². The van der Waals surface area contributed by atoms with Crippen molar-refractivity contribution in [1.29, 1.82) is 0 Å². The molecule has 1 aromatic carbocycles.